The first-order valence-corrected chi connectivity index (χ1v) is 8.68. The predicted octanol–water partition coefficient (Wildman–Crippen LogP) is 3.17. The van der Waals surface area contributed by atoms with E-state index in [4.69, 9.17) is 4.74 Å². The number of hydrogen-bond donors (Lipinski definition) is 1. The van der Waals surface area contributed by atoms with Crippen molar-refractivity contribution >= 4 is 22.4 Å². The number of methoxy groups -OCH3 is 1. The van der Waals surface area contributed by atoms with E-state index in [2.05, 4.69) is 22.1 Å². The number of para-hydroxylation sites is 1. The summed E-state index contributed by atoms with van der Waals surface area (Å²) in [6, 6.07) is 7.21. The summed E-state index contributed by atoms with van der Waals surface area (Å²) in [5, 5.41) is 3.58. The van der Waals surface area contributed by atoms with Gasteiger partial charge in [0.1, 0.15) is 5.75 Å². The Labute approximate surface area is 140 Å². The van der Waals surface area contributed by atoms with E-state index < -0.39 is 0 Å². The summed E-state index contributed by atoms with van der Waals surface area (Å²) in [6.07, 6.45) is 2.11. The van der Waals surface area contributed by atoms with Crippen LogP contribution in [0.5, 0.6) is 5.75 Å². The van der Waals surface area contributed by atoms with Gasteiger partial charge in [0.2, 0.25) is 0 Å². The Hall–Kier alpha value is -1.92. The van der Waals surface area contributed by atoms with E-state index in [0.29, 0.717) is 16.4 Å². The highest BCUT2D eigenvalue weighted by molar-refractivity contribution is 7.15. The molecule has 0 saturated heterocycles. The second-order valence-corrected chi connectivity index (χ2v) is 6.65. The number of benzene rings is 1. The molecule has 0 saturated carbocycles. The lowest BCUT2D eigenvalue weighted by atomic mass is 10.2. The number of carbonyl (C=O) groups is 1. The average Bonchev–Trinajstić information content (AvgIpc) is 2.96. The number of aromatic nitrogens is 1. The Morgan fingerprint density at radius 1 is 1.43 bits per heavy atom. The summed E-state index contributed by atoms with van der Waals surface area (Å²) in [5.74, 6) is 0.388. The van der Waals surface area contributed by atoms with E-state index in [1.807, 2.05) is 12.1 Å². The van der Waals surface area contributed by atoms with Gasteiger partial charge in [0.25, 0.3) is 5.91 Å². The second-order valence-electron chi connectivity index (χ2n) is 5.57. The van der Waals surface area contributed by atoms with E-state index in [9.17, 15) is 4.79 Å². The smallest absolute Gasteiger partial charge is 0.261 e. The molecule has 0 atom stereocenters. The Balaban J connectivity index is 1.73. The minimum absolute atomic E-state index is 0.182. The molecule has 1 aromatic heterocycles. The van der Waals surface area contributed by atoms with Crippen LogP contribution in [0.2, 0.25) is 0 Å². The molecule has 3 rings (SSSR count). The van der Waals surface area contributed by atoms with Crippen molar-refractivity contribution in [3.05, 3.63) is 40.4 Å². The van der Waals surface area contributed by atoms with E-state index in [0.717, 1.165) is 38.2 Å². The molecule has 122 valence electrons. The molecule has 2 heterocycles. The van der Waals surface area contributed by atoms with Crippen molar-refractivity contribution in [1.82, 2.24) is 9.88 Å². The summed E-state index contributed by atoms with van der Waals surface area (Å²) < 4.78 is 5.24. The fourth-order valence-electron chi connectivity index (χ4n) is 2.81. The van der Waals surface area contributed by atoms with E-state index in [1.165, 1.54) is 4.88 Å². The molecule has 0 spiro atoms. The summed E-state index contributed by atoms with van der Waals surface area (Å²) in [7, 11) is 1.57. The molecule has 5 nitrogen and oxygen atoms in total. The quantitative estimate of drug-likeness (QED) is 0.914. The Bertz CT molecular complexity index is 699. The third kappa shape index (κ3) is 3.54. The highest BCUT2D eigenvalue weighted by Gasteiger charge is 2.21. The van der Waals surface area contributed by atoms with Crippen molar-refractivity contribution in [2.75, 3.05) is 25.5 Å². The van der Waals surface area contributed by atoms with Gasteiger partial charge in [-0.3, -0.25) is 15.0 Å². The maximum absolute atomic E-state index is 12.4. The molecule has 1 amide bonds. The molecule has 1 aromatic carbocycles. The van der Waals surface area contributed by atoms with Crippen LogP contribution in [-0.2, 0) is 13.0 Å². The van der Waals surface area contributed by atoms with Gasteiger partial charge in [-0.25, -0.2) is 4.98 Å². The van der Waals surface area contributed by atoms with Crippen LogP contribution >= 0.6 is 11.3 Å². The molecule has 0 radical (unpaired) electrons. The number of hydrogen-bond acceptors (Lipinski definition) is 5. The highest BCUT2D eigenvalue weighted by Crippen LogP contribution is 2.29. The SMILES string of the molecule is CCCN1CCc2nc(NC(=O)c3ccccc3OC)sc2C1. The Morgan fingerprint density at radius 3 is 3.04 bits per heavy atom. The van der Waals surface area contributed by atoms with Crippen molar-refractivity contribution < 1.29 is 9.53 Å². The molecular weight excluding hydrogens is 310 g/mol. The molecule has 0 bridgehead atoms. The third-order valence-corrected chi connectivity index (χ3v) is 4.92. The van der Waals surface area contributed by atoms with Crippen molar-refractivity contribution in [2.24, 2.45) is 0 Å². The van der Waals surface area contributed by atoms with Gasteiger partial charge in [-0.05, 0) is 25.1 Å². The predicted molar refractivity (Wildman–Crippen MR) is 92.3 cm³/mol. The largest absolute Gasteiger partial charge is 0.496 e. The van der Waals surface area contributed by atoms with Gasteiger partial charge in [-0.1, -0.05) is 19.1 Å². The number of nitrogens with zero attached hydrogens (tertiary/aromatic N) is 2. The molecule has 1 N–H and O–H groups in total. The zero-order valence-corrected chi connectivity index (χ0v) is 14.3. The van der Waals surface area contributed by atoms with Crippen LogP contribution in [0.25, 0.3) is 0 Å². The number of nitrogens with one attached hydrogen (secondary N) is 1. The first kappa shape index (κ1) is 16.0. The number of thiazole rings is 1. The monoisotopic (exact) mass is 331 g/mol. The third-order valence-electron chi connectivity index (χ3n) is 3.92. The number of rotatable bonds is 5. The van der Waals surface area contributed by atoms with Gasteiger partial charge in [-0.15, -0.1) is 11.3 Å². The zero-order chi connectivity index (χ0) is 16.2. The molecule has 6 heteroatoms. The Kier molecular flexibility index (Phi) is 4.93. The van der Waals surface area contributed by atoms with Crippen molar-refractivity contribution in [3.8, 4) is 5.75 Å². The Morgan fingerprint density at radius 2 is 2.26 bits per heavy atom. The second kappa shape index (κ2) is 7.10. The van der Waals surface area contributed by atoms with Gasteiger partial charge in [0, 0.05) is 24.4 Å². The first-order valence-electron chi connectivity index (χ1n) is 7.86. The van der Waals surface area contributed by atoms with E-state index >= 15 is 0 Å². The summed E-state index contributed by atoms with van der Waals surface area (Å²) in [5.41, 5.74) is 1.65. The molecule has 0 aliphatic carbocycles. The normalized spacial score (nSPS) is 14.3. The lowest BCUT2D eigenvalue weighted by molar-refractivity contribution is 0.102. The molecule has 1 aliphatic heterocycles. The molecule has 23 heavy (non-hydrogen) atoms. The topological polar surface area (TPSA) is 54.5 Å². The summed E-state index contributed by atoms with van der Waals surface area (Å²) >= 11 is 1.58. The van der Waals surface area contributed by atoms with Gasteiger partial charge >= 0.3 is 0 Å². The molecule has 1 aliphatic rings. The van der Waals surface area contributed by atoms with Crippen LogP contribution in [-0.4, -0.2) is 36.0 Å². The molecule has 0 fully saturated rings. The van der Waals surface area contributed by atoms with Crippen molar-refractivity contribution in [3.63, 3.8) is 0 Å². The fourth-order valence-corrected chi connectivity index (χ4v) is 3.85. The number of carbonyl (C=O) groups excluding carboxylic acids is 1. The van der Waals surface area contributed by atoms with Gasteiger partial charge in [0.15, 0.2) is 5.13 Å². The molecular formula is C17H21N3O2S. The highest BCUT2D eigenvalue weighted by atomic mass is 32.1. The van der Waals surface area contributed by atoms with Crippen LogP contribution in [0, 0.1) is 0 Å². The van der Waals surface area contributed by atoms with Crippen LogP contribution < -0.4 is 10.1 Å². The number of anilines is 1. The maximum Gasteiger partial charge on any atom is 0.261 e. The summed E-state index contributed by atoms with van der Waals surface area (Å²) in [6.45, 7) is 5.29. The summed E-state index contributed by atoms with van der Waals surface area (Å²) in [4.78, 5) is 20.7. The van der Waals surface area contributed by atoms with Crippen molar-refractivity contribution in [2.45, 2.75) is 26.3 Å². The number of fused-ring (bicyclic) bond motifs is 1. The lowest BCUT2D eigenvalue weighted by Crippen LogP contribution is -2.30. The minimum atomic E-state index is -0.182. The number of ether oxygens (including phenoxy) is 1. The standard InChI is InChI=1S/C17H21N3O2S/c1-3-9-20-10-8-13-15(11-20)23-17(18-13)19-16(21)12-6-4-5-7-14(12)22-2/h4-7H,3,8-11H2,1-2H3,(H,18,19,21). The van der Waals surface area contributed by atoms with Crippen molar-refractivity contribution in [1.29, 1.82) is 0 Å². The minimum Gasteiger partial charge on any atom is -0.496 e. The van der Waals surface area contributed by atoms with Crippen LogP contribution in [0.15, 0.2) is 24.3 Å². The number of amides is 1. The molecule has 2 aromatic rings. The van der Waals surface area contributed by atoms with Crippen LogP contribution in [0.4, 0.5) is 5.13 Å². The zero-order valence-electron chi connectivity index (χ0n) is 13.5. The first-order chi connectivity index (χ1) is 11.2. The molecule has 0 unspecified atom stereocenters. The van der Waals surface area contributed by atoms with Gasteiger partial charge < -0.3 is 4.74 Å². The average molecular weight is 331 g/mol. The van der Waals surface area contributed by atoms with Crippen LogP contribution in [0.3, 0.4) is 0 Å². The van der Waals surface area contributed by atoms with E-state index in [1.54, 1.807) is 30.6 Å². The van der Waals surface area contributed by atoms with Crippen LogP contribution in [0.1, 0.15) is 34.3 Å². The van der Waals surface area contributed by atoms with Gasteiger partial charge in [0.05, 0.1) is 18.4 Å². The maximum atomic E-state index is 12.4. The lowest BCUT2D eigenvalue weighted by Gasteiger charge is -2.24. The van der Waals surface area contributed by atoms with Gasteiger partial charge in [-0.2, -0.15) is 0 Å². The fraction of sp³-hybridized carbons (Fsp3) is 0.412. The van der Waals surface area contributed by atoms with E-state index in [-0.39, 0.29) is 5.91 Å².